The van der Waals surface area contributed by atoms with E-state index in [4.69, 9.17) is 0 Å². The molecule has 1 unspecified atom stereocenters. The minimum absolute atomic E-state index is 0.705. The number of unbranched alkanes of at least 4 members (excludes halogenated alkanes) is 4. The van der Waals surface area contributed by atoms with Crippen molar-refractivity contribution in [2.45, 2.75) is 63.2 Å². The Morgan fingerprint density at radius 1 is 1.09 bits per heavy atom. The third-order valence-corrected chi connectivity index (χ3v) is 4.93. The first-order chi connectivity index (χ1) is 10.9. The van der Waals surface area contributed by atoms with E-state index < -0.39 is 0 Å². The standard InChI is InChI=1S/C21H32S/c1-3-5-6-9-15-20(14-4-2)16-10-8-13-19-22-21-17-11-7-12-18-21/h4,7,10-12,16-18,20H,2-3,5-6,8-9,13-15,19H2,1H3/b16-10+. The molecular weight excluding hydrogens is 284 g/mol. The van der Waals surface area contributed by atoms with Gasteiger partial charge in [0.15, 0.2) is 0 Å². The second-order valence-electron chi connectivity index (χ2n) is 5.87. The molecule has 122 valence electrons. The highest BCUT2D eigenvalue weighted by atomic mass is 32.2. The molecule has 0 aliphatic rings. The summed E-state index contributed by atoms with van der Waals surface area (Å²) in [6, 6.07) is 10.7. The summed E-state index contributed by atoms with van der Waals surface area (Å²) in [7, 11) is 0. The molecule has 1 aromatic carbocycles. The lowest BCUT2D eigenvalue weighted by atomic mass is 9.96. The molecule has 0 nitrogen and oxygen atoms in total. The summed E-state index contributed by atoms with van der Waals surface area (Å²) in [4.78, 5) is 1.38. The first-order valence-corrected chi connectivity index (χ1v) is 9.80. The van der Waals surface area contributed by atoms with Crippen molar-refractivity contribution in [1.29, 1.82) is 0 Å². The molecule has 0 heterocycles. The summed E-state index contributed by atoms with van der Waals surface area (Å²) in [5.74, 6) is 1.91. The molecule has 1 aromatic rings. The van der Waals surface area contributed by atoms with Gasteiger partial charge in [-0.15, -0.1) is 18.3 Å². The maximum absolute atomic E-state index is 3.90. The molecule has 0 amide bonds. The van der Waals surface area contributed by atoms with Crippen LogP contribution in [0.2, 0.25) is 0 Å². The van der Waals surface area contributed by atoms with Crippen molar-refractivity contribution in [2.75, 3.05) is 5.75 Å². The minimum Gasteiger partial charge on any atom is -0.126 e. The fourth-order valence-corrected chi connectivity index (χ4v) is 3.43. The molecule has 0 saturated heterocycles. The van der Waals surface area contributed by atoms with Gasteiger partial charge in [0, 0.05) is 4.90 Å². The minimum atomic E-state index is 0.705. The molecule has 0 aromatic heterocycles. The van der Waals surface area contributed by atoms with Gasteiger partial charge >= 0.3 is 0 Å². The highest BCUT2D eigenvalue weighted by Crippen LogP contribution is 2.20. The summed E-state index contributed by atoms with van der Waals surface area (Å²) < 4.78 is 0. The average Bonchev–Trinajstić information content (AvgIpc) is 2.55. The van der Waals surface area contributed by atoms with E-state index in [0.29, 0.717) is 5.92 Å². The number of allylic oxidation sites excluding steroid dienone is 3. The molecule has 0 bridgehead atoms. The number of thioether (sulfide) groups is 1. The van der Waals surface area contributed by atoms with Gasteiger partial charge in [0.1, 0.15) is 0 Å². The van der Waals surface area contributed by atoms with Crippen LogP contribution in [0.3, 0.4) is 0 Å². The fraction of sp³-hybridized carbons (Fsp3) is 0.524. The Labute approximate surface area is 142 Å². The van der Waals surface area contributed by atoms with E-state index in [9.17, 15) is 0 Å². The van der Waals surface area contributed by atoms with E-state index in [1.807, 2.05) is 11.8 Å². The van der Waals surface area contributed by atoms with Crippen molar-refractivity contribution in [3.8, 4) is 0 Å². The molecule has 0 saturated carbocycles. The zero-order valence-corrected chi connectivity index (χ0v) is 15.0. The van der Waals surface area contributed by atoms with Crippen LogP contribution in [0.15, 0.2) is 60.0 Å². The van der Waals surface area contributed by atoms with Crippen LogP contribution < -0.4 is 0 Å². The van der Waals surface area contributed by atoms with Crippen LogP contribution in [-0.4, -0.2) is 5.75 Å². The molecule has 1 heteroatoms. The van der Waals surface area contributed by atoms with Crippen LogP contribution in [0, 0.1) is 5.92 Å². The molecule has 0 spiro atoms. The molecule has 0 radical (unpaired) electrons. The van der Waals surface area contributed by atoms with Crippen molar-refractivity contribution >= 4 is 11.8 Å². The Hall–Kier alpha value is -0.950. The summed E-state index contributed by atoms with van der Waals surface area (Å²) >= 11 is 1.96. The molecule has 0 aliphatic heterocycles. The number of rotatable bonds is 13. The van der Waals surface area contributed by atoms with E-state index in [1.165, 1.54) is 55.6 Å². The van der Waals surface area contributed by atoms with Gasteiger partial charge in [0.2, 0.25) is 0 Å². The molecule has 0 N–H and O–H groups in total. The van der Waals surface area contributed by atoms with Crippen molar-refractivity contribution in [2.24, 2.45) is 5.92 Å². The lowest BCUT2D eigenvalue weighted by molar-refractivity contribution is 0.533. The van der Waals surface area contributed by atoms with E-state index in [-0.39, 0.29) is 0 Å². The van der Waals surface area contributed by atoms with E-state index in [2.05, 4.69) is 62.1 Å². The maximum atomic E-state index is 3.90. The monoisotopic (exact) mass is 316 g/mol. The van der Waals surface area contributed by atoms with Crippen LogP contribution in [0.5, 0.6) is 0 Å². The third kappa shape index (κ3) is 9.89. The topological polar surface area (TPSA) is 0 Å². The van der Waals surface area contributed by atoms with Crippen LogP contribution in [0.4, 0.5) is 0 Å². The summed E-state index contributed by atoms with van der Waals surface area (Å²) in [6.07, 6.45) is 17.2. The SMILES string of the molecule is C=CCC(/C=C/CCCSc1ccccc1)CCCCCC. The van der Waals surface area contributed by atoms with Gasteiger partial charge in [-0.3, -0.25) is 0 Å². The predicted molar refractivity (Wildman–Crippen MR) is 103 cm³/mol. The largest absolute Gasteiger partial charge is 0.126 e. The number of hydrogen-bond donors (Lipinski definition) is 0. The van der Waals surface area contributed by atoms with Gasteiger partial charge in [0.25, 0.3) is 0 Å². The molecule has 1 rings (SSSR count). The van der Waals surface area contributed by atoms with Gasteiger partial charge in [-0.05, 0) is 49.5 Å². The lowest BCUT2D eigenvalue weighted by Crippen LogP contribution is -1.95. The van der Waals surface area contributed by atoms with Gasteiger partial charge in [-0.1, -0.05) is 69.0 Å². The Morgan fingerprint density at radius 3 is 2.64 bits per heavy atom. The fourth-order valence-electron chi connectivity index (χ4n) is 2.54. The van der Waals surface area contributed by atoms with Crippen LogP contribution in [-0.2, 0) is 0 Å². The van der Waals surface area contributed by atoms with Gasteiger partial charge in [-0.25, -0.2) is 0 Å². The van der Waals surface area contributed by atoms with Crippen molar-refractivity contribution in [1.82, 2.24) is 0 Å². The second kappa shape index (κ2) is 13.7. The van der Waals surface area contributed by atoms with Crippen molar-refractivity contribution in [3.63, 3.8) is 0 Å². The van der Waals surface area contributed by atoms with Gasteiger partial charge in [-0.2, -0.15) is 0 Å². The van der Waals surface area contributed by atoms with E-state index in [1.54, 1.807) is 0 Å². The number of benzene rings is 1. The Bertz CT molecular complexity index is 394. The van der Waals surface area contributed by atoms with E-state index >= 15 is 0 Å². The lowest BCUT2D eigenvalue weighted by Gasteiger charge is -2.10. The van der Waals surface area contributed by atoms with Gasteiger partial charge < -0.3 is 0 Å². The first-order valence-electron chi connectivity index (χ1n) is 8.82. The molecule has 1 atom stereocenters. The van der Waals surface area contributed by atoms with E-state index in [0.717, 1.165) is 6.42 Å². The second-order valence-corrected chi connectivity index (χ2v) is 7.03. The highest BCUT2D eigenvalue weighted by molar-refractivity contribution is 7.99. The summed E-state index contributed by atoms with van der Waals surface area (Å²) in [5, 5.41) is 0. The molecular formula is C21H32S. The maximum Gasteiger partial charge on any atom is 0.00719 e. The third-order valence-electron chi connectivity index (χ3n) is 3.83. The normalized spacial score (nSPS) is 12.6. The Kier molecular flexibility index (Phi) is 11.9. The quantitative estimate of drug-likeness (QED) is 0.209. The van der Waals surface area contributed by atoms with Crippen LogP contribution >= 0.6 is 11.8 Å². The van der Waals surface area contributed by atoms with Crippen LogP contribution in [0.1, 0.15) is 58.3 Å². The van der Waals surface area contributed by atoms with Gasteiger partial charge in [0.05, 0.1) is 0 Å². The zero-order chi connectivity index (χ0) is 15.9. The molecule has 0 aliphatic carbocycles. The first kappa shape index (κ1) is 19.1. The average molecular weight is 317 g/mol. The highest BCUT2D eigenvalue weighted by Gasteiger charge is 2.02. The Morgan fingerprint density at radius 2 is 1.91 bits per heavy atom. The summed E-state index contributed by atoms with van der Waals surface area (Å²) in [5.41, 5.74) is 0. The molecule has 0 fully saturated rings. The molecule has 22 heavy (non-hydrogen) atoms. The predicted octanol–water partition coefficient (Wildman–Crippen LogP) is 7.28. The number of hydrogen-bond acceptors (Lipinski definition) is 1. The smallest absolute Gasteiger partial charge is 0.00719 e. The Balaban J connectivity index is 2.13. The van der Waals surface area contributed by atoms with Crippen molar-refractivity contribution in [3.05, 3.63) is 55.1 Å². The zero-order valence-electron chi connectivity index (χ0n) is 14.2. The van der Waals surface area contributed by atoms with Crippen molar-refractivity contribution < 1.29 is 0 Å². The van der Waals surface area contributed by atoms with Crippen LogP contribution in [0.25, 0.3) is 0 Å². The summed E-state index contributed by atoms with van der Waals surface area (Å²) in [6.45, 7) is 6.17.